The molecule has 0 amide bonds. The average Bonchev–Trinajstić information content (AvgIpc) is 2.69. The molecular formula is C24H34ClNO4. The van der Waals surface area contributed by atoms with Gasteiger partial charge in [0.2, 0.25) is 0 Å². The van der Waals surface area contributed by atoms with E-state index in [4.69, 9.17) is 21.1 Å². The summed E-state index contributed by atoms with van der Waals surface area (Å²) < 4.78 is 11.5. The van der Waals surface area contributed by atoms with E-state index in [1.54, 1.807) is 19.2 Å². The molecule has 2 aromatic carbocycles. The quantitative estimate of drug-likeness (QED) is 0.499. The predicted octanol–water partition coefficient (Wildman–Crippen LogP) is 5.29. The van der Waals surface area contributed by atoms with Crippen LogP contribution in [0.15, 0.2) is 36.4 Å². The molecule has 0 unspecified atom stereocenters. The van der Waals surface area contributed by atoms with Crippen molar-refractivity contribution in [2.45, 2.75) is 40.7 Å². The molecule has 30 heavy (non-hydrogen) atoms. The highest BCUT2D eigenvalue weighted by molar-refractivity contribution is 6.31. The molecule has 0 saturated carbocycles. The molecule has 2 rings (SSSR count). The van der Waals surface area contributed by atoms with Gasteiger partial charge in [-0.15, -0.1) is 0 Å². The molecule has 0 heterocycles. The topological polar surface area (TPSA) is 71.0 Å². The van der Waals surface area contributed by atoms with Crippen LogP contribution in [0.25, 0.3) is 0 Å². The second-order valence-electron chi connectivity index (χ2n) is 9.54. The van der Waals surface area contributed by atoms with Crippen molar-refractivity contribution >= 4 is 17.3 Å². The maximum absolute atomic E-state index is 11.3. The zero-order chi connectivity index (χ0) is 22.5. The van der Waals surface area contributed by atoms with E-state index in [1.165, 1.54) is 0 Å². The summed E-state index contributed by atoms with van der Waals surface area (Å²) in [6, 6.07) is 10.8. The second kappa shape index (κ2) is 9.90. The molecule has 3 N–H and O–H groups in total. The van der Waals surface area contributed by atoms with Gasteiger partial charge in [0, 0.05) is 34.2 Å². The molecule has 0 saturated heterocycles. The van der Waals surface area contributed by atoms with Crippen molar-refractivity contribution in [3.63, 3.8) is 0 Å². The Morgan fingerprint density at radius 2 is 1.70 bits per heavy atom. The molecule has 0 aliphatic carbocycles. The predicted molar refractivity (Wildman–Crippen MR) is 123 cm³/mol. The Labute approximate surface area is 185 Å². The van der Waals surface area contributed by atoms with Gasteiger partial charge in [-0.3, -0.25) is 0 Å². The van der Waals surface area contributed by atoms with Crippen LogP contribution in [0.1, 0.15) is 51.8 Å². The minimum absolute atomic E-state index is 0.00495. The Morgan fingerprint density at radius 3 is 2.30 bits per heavy atom. The number of anilines is 1. The van der Waals surface area contributed by atoms with Crippen molar-refractivity contribution in [1.82, 2.24) is 0 Å². The summed E-state index contributed by atoms with van der Waals surface area (Å²) in [5.41, 5.74) is 1.52. The second-order valence-corrected chi connectivity index (χ2v) is 9.97. The first-order chi connectivity index (χ1) is 14.0. The molecule has 0 aliphatic rings. The van der Waals surface area contributed by atoms with Crippen molar-refractivity contribution in [2.24, 2.45) is 10.8 Å². The first-order valence-corrected chi connectivity index (χ1v) is 10.5. The lowest BCUT2D eigenvalue weighted by molar-refractivity contribution is 0.0977. The number of methoxy groups -OCH3 is 1. The summed E-state index contributed by atoms with van der Waals surface area (Å²) in [4.78, 5) is 0. The van der Waals surface area contributed by atoms with Crippen LogP contribution in [0.4, 0.5) is 5.69 Å². The van der Waals surface area contributed by atoms with E-state index >= 15 is 0 Å². The van der Waals surface area contributed by atoms with Gasteiger partial charge in [-0.1, -0.05) is 64.4 Å². The van der Waals surface area contributed by atoms with Crippen LogP contribution in [-0.2, 0) is 0 Å². The highest BCUT2D eigenvalue weighted by Gasteiger charge is 2.25. The minimum Gasteiger partial charge on any atom is -0.496 e. The first-order valence-electron chi connectivity index (χ1n) is 10.1. The summed E-state index contributed by atoms with van der Waals surface area (Å²) in [7, 11) is 1.58. The van der Waals surface area contributed by atoms with Crippen LogP contribution in [0.2, 0.25) is 5.02 Å². The van der Waals surface area contributed by atoms with E-state index in [0.29, 0.717) is 46.5 Å². The van der Waals surface area contributed by atoms with Gasteiger partial charge in [-0.2, -0.15) is 0 Å². The van der Waals surface area contributed by atoms with Crippen LogP contribution < -0.4 is 14.8 Å². The van der Waals surface area contributed by atoms with E-state index in [-0.39, 0.29) is 12.0 Å². The summed E-state index contributed by atoms with van der Waals surface area (Å²) in [6.45, 7) is 11.2. The van der Waals surface area contributed by atoms with E-state index in [9.17, 15) is 10.2 Å². The zero-order valence-electron chi connectivity index (χ0n) is 18.8. The van der Waals surface area contributed by atoms with Crippen LogP contribution in [-0.4, -0.2) is 37.1 Å². The smallest absolute Gasteiger partial charge is 0.144 e. The number of ether oxygens (including phenoxy) is 2. The van der Waals surface area contributed by atoms with Crippen LogP contribution in [0.5, 0.6) is 11.5 Å². The molecule has 1 atom stereocenters. The maximum atomic E-state index is 11.3. The third-order valence-corrected chi connectivity index (χ3v) is 4.89. The minimum atomic E-state index is -0.962. The van der Waals surface area contributed by atoms with Crippen molar-refractivity contribution in [1.29, 1.82) is 0 Å². The highest BCUT2D eigenvalue weighted by Crippen LogP contribution is 2.41. The lowest BCUT2D eigenvalue weighted by atomic mass is 9.94. The van der Waals surface area contributed by atoms with Crippen LogP contribution >= 0.6 is 11.6 Å². The fraction of sp³-hybridized carbons (Fsp3) is 0.500. The first kappa shape index (κ1) is 24.3. The van der Waals surface area contributed by atoms with E-state index in [2.05, 4.69) is 26.1 Å². The molecule has 0 spiro atoms. The number of nitrogens with one attached hydrogen (secondary N) is 1. The molecule has 2 aromatic rings. The third kappa shape index (κ3) is 6.53. The monoisotopic (exact) mass is 435 g/mol. The van der Waals surface area contributed by atoms with E-state index in [0.717, 1.165) is 0 Å². The number of aliphatic hydroxyl groups excluding tert-OH is 2. The fourth-order valence-electron chi connectivity index (χ4n) is 2.85. The summed E-state index contributed by atoms with van der Waals surface area (Å²) in [6.07, 6.45) is -0.962. The van der Waals surface area contributed by atoms with Gasteiger partial charge in [0.15, 0.2) is 0 Å². The molecule has 0 radical (unpaired) electrons. The molecular weight excluding hydrogens is 402 g/mol. The Kier molecular flexibility index (Phi) is 8.03. The Balaban J connectivity index is 2.53. The summed E-state index contributed by atoms with van der Waals surface area (Å²) in [5, 5.41) is 24.7. The Bertz CT molecular complexity index is 846. The van der Waals surface area contributed by atoms with Gasteiger partial charge >= 0.3 is 0 Å². The highest BCUT2D eigenvalue weighted by atomic mass is 35.5. The van der Waals surface area contributed by atoms with Crippen molar-refractivity contribution in [2.75, 3.05) is 32.2 Å². The summed E-state index contributed by atoms with van der Waals surface area (Å²) in [5.74, 6) is 1.13. The molecule has 6 heteroatoms. The number of para-hydroxylation sites is 1. The molecule has 166 valence electrons. The van der Waals surface area contributed by atoms with Gasteiger partial charge in [0.1, 0.15) is 17.6 Å². The van der Waals surface area contributed by atoms with Gasteiger partial charge in [-0.25, -0.2) is 0 Å². The largest absolute Gasteiger partial charge is 0.496 e. The van der Waals surface area contributed by atoms with Gasteiger partial charge < -0.3 is 25.0 Å². The van der Waals surface area contributed by atoms with Crippen molar-refractivity contribution < 1.29 is 19.7 Å². The number of hydrogen-bond donors (Lipinski definition) is 3. The number of aliphatic hydroxyl groups is 2. The standard InChI is InChI=1S/C24H34ClNO4/c1-23(2,3)13-26-21-18(22(28)17-9-7-8-10-19(17)29-6)11-16(25)12-20(21)30-15-24(4,5)14-27/h7-12,22,26-28H,13-15H2,1-6H3/t22-/m0/s1. The molecule has 0 aliphatic heterocycles. The number of benzene rings is 2. The fourth-order valence-corrected chi connectivity index (χ4v) is 3.07. The van der Waals surface area contributed by atoms with Crippen molar-refractivity contribution in [3.05, 3.63) is 52.5 Å². The van der Waals surface area contributed by atoms with Gasteiger partial charge in [-0.05, 0) is 17.5 Å². The number of rotatable bonds is 9. The van der Waals surface area contributed by atoms with Crippen LogP contribution in [0.3, 0.4) is 0 Å². The summed E-state index contributed by atoms with van der Waals surface area (Å²) >= 11 is 6.40. The zero-order valence-corrected chi connectivity index (χ0v) is 19.5. The Morgan fingerprint density at radius 1 is 1.03 bits per heavy atom. The van der Waals surface area contributed by atoms with E-state index < -0.39 is 11.5 Å². The molecule has 0 bridgehead atoms. The maximum Gasteiger partial charge on any atom is 0.144 e. The Hall–Kier alpha value is -1.95. The molecule has 0 fully saturated rings. The third-order valence-electron chi connectivity index (χ3n) is 4.67. The van der Waals surface area contributed by atoms with E-state index in [1.807, 2.05) is 38.1 Å². The van der Waals surface area contributed by atoms with Crippen molar-refractivity contribution in [3.8, 4) is 11.5 Å². The van der Waals surface area contributed by atoms with Crippen LogP contribution in [0, 0.1) is 10.8 Å². The lowest BCUT2D eigenvalue weighted by Gasteiger charge is -2.27. The SMILES string of the molecule is COc1ccccc1[C@H](O)c1cc(Cl)cc(OCC(C)(C)CO)c1NCC(C)(C)C. The van der Waals surface area contributed by atoms with Gasteiger partial charge in [0.25, 0.3) is 0 Å². The molecule has 5 nitrogen and oxygen atoms in total. The molecule has 0 aromatic heterocycles. The van der Waals surface area contributed by atoms with Gasteiger partial charge in [0.05, 0.1) is 26.0 Å². The lowest BCUT2D eigenvalue weighted by Crippen LogP contribution is -2.26. The average molecular weight is 436 g/mol. The normalized spacial score (nSPS) is 13.1. The number of hydrogen-bond acceptors (Lipinski definition) is 5. The number of halogens is 1.